The molecule has 3 heterocycles. The van der Waals surface area contributed by atoms with Crippen LogP contribution in [0.1, 0.15) is 28.8 Å². The first kappa shape index (κ1) is 17.9. The van der Waals surface area contributed by atoms with E-state index < -0.39 is 0 Å². The summed E-state index contributed by atoms with van der Waals surface area (Å²) in [4.78, 5) is 23.6. The minimum absolute atomic E-state index is 0.0550. The van der Waals surface area contributed by atoms with Crippen LogP contribution in [0.2, 0.25) is 0 Å². The number of aryl methyl sites for hydroxylation is 4. The molecule has 0 bridgehead atoms. The third kappa shape index (κ3) is 3.28. The van der Waals surface area contributed by atoms with Gasteiger partial charge in [-0.1, -0.05) is 11.8 Å². The van der Waals surface area contributed by atoms with Gasteiger partial charge in [0, 0.05) is 17.3 Å². The molecule has 0 spiro atoms. The van der Waals surface area contributed by atoms with Gasteiger partial charge in [-0.25, -0.2) is 9.97 Å². The molecular formula is C17H21N5OS2. The fraction of sp³-hybridized carbons (Fsp3) is 0.412. The smallest absolute Gasteiger partial charge is 0.237 e. The molecule has 3 aromatic rings. The van der Waals surface area contributed by atoms with Crippen LogP contribution < -0.4 is 5.32 Å². The van der Waals surface area contributed by atoms with Crippen molar-refractivity contribution in [2.24, 2.45) is 7.05 Å². The lowest BCUT2D eigenvalue weighted by Crippen LogP contribution is -2.23. The molecule has 0 unspecified atom stereocenters. The quantitative estimate of drug-likeness (QED) is 0.555. The van der Waals surface area contributed by atoms with Crippen LogP contribution in [-0.2, 0) is 11.8 Å². The number of amides is 1. The molecular weight excluding hydrogens is 354 g/mol. The van der Waals surface area contributed by atoms with Crippen molar-refractivity contribution in [3.05, 3.63) is 28.2 Å². The standard InChI is InChI=1S/C17H21N5OS2/c1-8-11(4)24-16-13(8)17(19-7-18-16)25-12(5)15(23)20-14-9(2)21-22(6)10(14)3/h7,12H,1-6H3,(H,20,23)/t12-/m1/s1. The van der Waals surface area contributed by atoms with E-state index in [1.165, 1.54) is 22.2 Å². The van der Waals surface area contributed by atoms with Gasteiger partial charge in [0.2, 0.25) is 5.91 Å². The Morgan fingerprint density at radius 2 is 2.00 bits per heavy atom. The highest BCUT2D eigenvalue weighted by molar-refractivity contribution is 8.00. The summed E-state index contributed by atoms with van der Waals surface area (Å²) in [5.41, 5.74) is 3.74. The minimum Gasteiger partial charge on any atom is -0.322 e. The van der Waals surface area contributed by atoms with E-state index in [4.69, 9.17) is 0 Å². The van der Waals surface area contributed by atoms with E-state index in [1.807, 2.05) is 27.8 Å². The lowest BCUT2D eigenvalue weighted by molar-refractivity contribution is -0.115. The SMILES string of the molecule is Cc1nn(C)c(C)c1NC(=O)[C@@H](C)Sc1ncnc2sc(C)c(C)c12. The average molecular weight is 376 g/mol. The van der Waals surface area contributed by atoms with Crippen LogP contribution in [-0.4, -0.2) is 30.9 Å². The van der Waals surface area contributed by atoms with Crippen LogP contribution in [0.3, 0.4) is 0 Å². The highest BCUT2D eigenvalue weighted by Crippen LogP contribution is 2.36. The zero-order chi connectivity index (χ0) is 18.3. The van der Waals surface area contributed by atoms with Crippen molar-refractivity contribution in [1.29, 1.82) is 0 Å². The Kier molecular flexibility index (Phi) is 4.83. The van der Waals surface area contributed by atoms with E-state index in [1.54, 1.807) is 22.3 Å². The number of thioether (sulfide) groups is 1. The number of carbonyl (C=O) groups is 1. The monoisotopic (exact) mass is 375 g/mol. The number of nitrogens with one attached hydrogen (secondary N) is 1. The van der Waals surface area contributed by atoms with Crippen LogP contribution in [0.25, 0.3) is 10.2 Å². The molecule has 1 atom stereocenters. The van der Waals surface area contributed by atoms with Crippen molar-refractivity contribution < 1.29 is 4.79 Å². The Labute approximate surface area is 155 Å². The lowest BCUT2D eigenvalue weighted by atomic mass is 10.2. The summed E-state index contributed by atoms with van der Waals surface area (Å²) in [5, 5.41) is 8.98. The molecule has 0 saturated carbocycles. The molecule has 0 fully saturated rings. The number of anilines is 1. The van der Waals surface area contributed by atoms with E-state index in [9.17, 15) is 4.79 Å². The molecule has 0 saturated heterocycles. The van der Waals surface area contributed by atoms with Gasteiger partial charge in [-0.3, -0.25) is 9.48 Å². The molecule has 0 aliphatic heterocycles. The fourth-order valence-electron chi connectivity index (χ4n) is 2.64. The third-order valence-corrected chi connectivity index (χ3v) is 6.56. The fourth-order valence-corrected chi connectivity index (χ4v) is 4.68. The number of nitrogens with zero attached hydrogens (tertiary/aromatic N) is 4. The highest BCUT2D eigenvalue weighted by atomic mass is 32.2. The summed E-state index contributed by atoms with van der Waals surface area (Å²) < 4.78 is 1.77. The van der Waals surface area contributed by atoms with E-state index in [0.29, 0.717) is 0 Å². The minimum atomic E-state index is -0.281. The summed E-state index contributed by atoms with van der Waals surface area (Å²) in [6.07, 6.45) is 1.57. The molecule has 1 amide bonds. The first-order valence-electron chi connectivity index (χ1n) is 7.98. The van der Waals surface area contributed by atoms with Gasteiger partial charge in [0.1, 0.15) is 16.2 Å². The molecule has 0 aromatic carbocycles. The Hall–Kier alpha value is -1.93. The van der Waals surface area contributed by atoms with Gasteiger partial charge < -0.3 is 5.32 Å². The molecule has 132 valence electrons. The maximum absolute atomic E-state index is 12.6. The zero-order valence-corrected chi connectivity index (χ0v) is 16.8. The van der Waals surface area contributed by atoms with E-state index in [0.717, 1.165) is 32.3 Å². The summed E-state index contributed by atoms with van der Waals surface area (Å²) in [5.74, 6) is -0.0550. The molecule has 8 heteroatoms. The van der Waals surface area contributed by atoms with Crippen molar-refractivity contribution in [3.63, 3.8) is 0 Å². The Balaban J connectivity index is 1.83. The Morgan fingerprint density at radius 1 is 1.28 bits per heavy atom. The highest BCUT2D eigenvalue weighted by Gasteiger charge is 2.21. The number of aromatic nitrogens is 4. The number of fused-ring (bicyclic) bond motifs is 1. The summed E-state index contributed by atoms with van der Waals surface area (Å²) in [7, 11) is 1.87. The number of hydrogen-bond acceptors (Lipinski definition) is 6. The second-order valence-electron chi connectivity index (χ2n) is 6.06. The van der Waals surface area contributed by atoms with Gasteiger partial charge in [0.05, 0.1) is 22.3 Å². The normalized spacial score (nSPS) is 12.6. The van der Waals surface area contributed by atoms with E-state index >= 15 is 0 Å². The van der Waals surface area contributed by atoms with Crippen LogP contribution in [0.4, 0.5) is 5.69 Å². The van der Waals surface area contributed by atoms with Crippen molar-refractivity contribution in [2.45, 2.75) is 44.9 Å². The molecule has 25 heavy (non-hydrogen) atoms. The largest absolute Gasteiger partial charge is 0.322 e. The zero-order valence-electron chi connectivity index (χ0n) is 15.2. The average Bonchev–Trinajstić information content (AvgIpc) is 2.98. The van der Waals surface area contributed by atoms with Crippen LogP contribution >= 0.6 is 23.1 Å². The predicted octanol–water partition coefficient (Wildman–Crippen LogP) is 3.78. The van der Waals surface area contributed by atoms with Crippen molar-refractivity contribution >= 4 is 44.9 Å². The van der Waals surface area contributed by atoms with Gasteiger partial charge in [-0.2, -0.15) is 5.10 Å². The van der Waals surface area contributed by atoms with Crippen molar-refractivity contribution in [3.8, 4) is 0 Å². The maximum Gasteiger partial charge on any atom is 0.237 e. The maximum atomic E-state index is 12.6. The molecule has 0 aliphatic carbocycles. The van der Waals surface area contributed by atoms with Gasteiger partial charge in [-0.05, 0) is 40.2 Å². The van der Waals surface area contributed by atoms with Crippen LogP contribution in [0.5, 0.6) is 0 Å². The molecule has 0 aliphatic rings. The number of hydrogen-bond donors (Lipinski definition) is 1. The molecule has 3 rings (SSSR count). The summed E-state index contributed by atoms with van der Waals surface area (Å²) in [6.45, 7) is 9.89. The number of rotatable bonds is 4. The predicted molar refractivity (Wildman–Crippen MR) is 104 cm³/mol. The molecule has 0 radical (unpaired) electrons. The number of carbonyl (C=O) groups excluding carboxylic acids is 1. The third-order valence-electron chi connectivity index (χ3n) is 4.35. The summed E-state index contributed by atoms with van der Waals surface area (Å²) in [6, 6.07) is 0. The second-order valence-corrected chi connectivity index (χ2v) is 8.59. The van der Waals surface area contributed by atoms with Gasteiger partial charge in [0.15, 0.2) is 0 Å². The van der Waals surface area contributed by atoms with E-state index in [2.05, 4.69) is 34.2 Å². The Bertz CT molecular complexity index is 960. The summed E-state index contributed by atoms with van der Waals surface area (Å²) >= 11 is 3.12. The topological polar surface area (TPSA) is 72.7 Å². The first-order valence-corrected chi connectivity index (χ1v) is 9.67. The van der Waals surface area contributed by atoms with Crippen LogP contribution in [0.15, 0.2) is 11.4 Å². The van der Waals surface area contributed by atoms with E-state index in [-0.39, 0.29) is 11.2 Å². The first-order chi connectivity index (χ1) is 11.8. The van der Waals surface area contributed by atoms with Gasteiger partial charge in [0.25, 0.3) is 0 Å². The Morgan fingerprint density at radius 3 is 2.64 bits per heavy atom. The lowest BCUT2D eigenvalue weighted by Gasteiger charge is -2.12. The van der Waals surface area contributed by atoms with Crippen molar-refractivity contribution in [2.75, 3.05) is 5.32 Å². The van der Waals surface area contributed by atoms with Gasteiger partial charge >= 0.3 is 0 Å². The number of thiophene rings is 1. The molecule has 3 aromatic heterocycles. The molecule has 1 N–H and O–H groups in total. The van der Waals surface area contributed by atoms with Crippen LogP contribution in [0, 0.1) is 27.7 Å². The second kappa shape index (κ2) is 6.76. The molecule has 6 nitrogen and oxygen atoms in total. The van der Waals surface area contributed by atoms with Crippen molar-refractivity contribution in [1.82, 2.24) is 19.7 Å². The van der Waals surface area contributed by atoms with Gasteiger partial charge in [-0.15, -0.1) is 11.3 Å².